The molecule has 0 amide bonds. The topological polar surface area (TPSA) is 96.4 Å². The standard InChI is InChI=1S/C28H38FN5O2/c1-2-17-14-19(35)4-5-20(17)21-6-7-22-25(24(21)29)32-33-26(22)27-30-15-23(31-27)18-8-12-34(16-18)13-11-28(36)9-3-10-28/h4-5,8,14-15,21-22,24-26,32-33,35-36H,2-3,6-7,9-13,16H2,1H3,(H,30,31). The number of aliphatic hydroxyl groups is 1. The summed E-state index contributed by atoms with van der Waals surface area (Å²) in [5.41, 5.74) is 10.5. The lowest BCUT2D eigenvalue weighted by atomic mass is 9.71. The van der Waals surface area contributed by atoms with Crippen LogP contribution in [0.3, 0.4) is 0 Å². The molecular weight excluding hydrogens is 457 g/mol. The number of alkyl halides is 1. The third-order valence-corrected chi connectivity index (χ3v) is 9.14. The molecule has 2 aliphatic carbocycles. The molecule has 2 saturated carbocycles. The number of H-pyrrole nitrogens is 1. The number of hydrogen-bond acceptors (Lipinski definition) is 6. The SMILES string of the molecule is CCc1cc(O)ccc1C1CCC2C(c3ncc(C4=CCN(CCC5(O)CCC5)C4)[nH]3)NNC2C1F. The molecule has 8 heteroatoms. The first kappa shape index (κ1) is 24.1. The van der Waals surface area contributed by atoms with Gasteiger partial charge in [-0.25, -0.2) is 14.8 Å². The molecule has 3 heterocycles. The number of aromatic hydroxyl groups is 1. The molecule has 194 valence electrons. The van der Waals surface area contributed by atoms with Gasteiger partial charge >= 0.3 is 0 Å². The predicted octanol–water partition coefficient (Wildman–Crippen LogP) is 3.73. The van der Waals surface area contributed by atoms with Crippen LogP contribution in [0.2, 0.25) is 0 Å². The second kappa shape index (κ2) is 9.56. The van der Waals surface area contributed by atoms with E-state index in [0.29, 0.717) is 0 Å². The summed E-state index contributed by atoms with van der Waals surface area (Å²) in [6.07, 6.45) is 9.45. The highest BCUT2D eigenvalue weighted by Gasteiger charge is 2.48. The van der Waals surface area contributed by atoms with Gasteiger partial charge in [-0.3, -0.25) is 10.3 Å². The van der Waals surface area contributed by atoms with Crippen LogP contribution in [0.4, 0.5) is 4.39 Å². The fourth-order valence-corrected chi connectivity index (χ4v) is 6.74. The number of nitrogens with one attached hydrogen (secondary N) is 3. The summed E-state index contributed by atoms with van der Waals surface area (Å²) in [6.45, 7) is 4.72. The number of phenolic OH excluding ortho intramolecular Hbond substituents is 1. The third-order valence-electron chi connectivity index (χ3n) is 9.14. The van der Waals surface area contributed by atoms with Gasteiger partial charge in [0, 0.05) is 31.5 Å². The molecule has 6 rings (SSSR count). The summed E-state index contributed by atoms with van der Waals surface area (Å²) in [5, 5.41) is 20.3. The molecule has 4 aliphatic rings. The molecule has 5 atom stereocenters. The summed E-state index contributed by atoms with van der Waals surface area (Å²) in [4.78, 5) is 10.6. The molecule has 0 spiro atoms. The average Bonchev–Trinajstić information content (AvgIpc) is 3.61. The van der Waals surface area contributed by atoms with E-state index in [1.165, 1.54) is 5.57 Å². The van der Waals surface area contributed by atoms with E-state index >= 15 is 4.39 Å². The zero-order valence-electron chi connectivity index (χ0n) is 21.0. The lowest BCUT2D eigenvalue weighted by molar-refractivity contribution is -0.0449. The largest absolute Gasteiger partial charge is 0.508 e. The smallest absolute Gasteiger partial charge is 0.125 e. The van der Waals surface area contributed by atoms with Crippen molar-refractivity contribution in [2.75, 3.05) is 19.6 Å². The Bertz CT molecular complexity index is 1130. The van der Waals surface area contributed by atoms with E-state index in [9.17, 15) is 10.2 Å². The van der Waals surface area contributed by atoms with Crippen LogP contribution >= 0.6 is 0 Å². The van der Waals surface area contributed by atoms with Crippen LogP contribution in [0.5, 0.6) is 5.75 Å². The Morgan fingerprint density at radius 1 is 1.22 bits per heavy atom. The molecule has 3 fully saturated rings. The van der Waals surface area contributed by atoms with E-state index in [4.69, 9.17) is 4.98 Å². The average molecular weight is 496 g/mol. The summed E-state index contributed by atoms with van der Waals surface area (Å²) >= 11 is 0. The molecule has 2 aromatic rings. The second-order valence-electron chi connectivity index (χ2n) is 11.3. The van der Waals surface area contributed by atoms with Gasteiger partial charge in [0.15, 0.2) is 0 Å². The van der Waals surface area contributed by atoms with Crippen molar-refractivity contribution in [2.24, 2.45) is 5.92 Å². The first-order valence-electron chi connectivity index (χ1n) is 13.6. The first-order chi connectivity index (χ1) is 17.4. The Labute approximate surface area is 212 Å². The van der Waals surface area contributed by atoms with Crippen LogP contribution in [-0.2, 0) is 6.42 Å². The Morgan fingerprint density at radius 3 is 2.86 bits per heavy atom. The van der Waals surface area contributed by atoms with E-state index in [2.05, 4.69) is 26.8 Å². The van der Waals surface area contributed by atoms with Gasteiger partial charge in [-0.1, -0.05) is 19.1 Å². The quantitative estimate of drug-likeness (QED) is 0.402. The number of hydrazine groups is 1. The van der Waals surface area contributed by atoms with E-state index in [-0.39, 0.29) is 29.7 Å². The van der Waals surface area contributed by atoms with Gasteiger partial charge < -0.3 is 15.2 Å². The van der Waals surface area contributed by atoms with Crippen molar-refractivity contribution in [2.45, 2.75) is 81.6 Å². The molecule has 5 N–H and O–H groups in total. The van der Waals surface area contributed by atoms with Gasteiger partial charge in [0.1, 0.15) is 17.7 Å². The van der Waals surface area contributed by atoms with Gasteiger partial charge in [-0.15, -0.1) is 0 Å². The van der Waals surface area contributed by atoms with Crippen molar-refractivity contribution < 1.29 is 14.6 Å². The van der Waals surface area contributed by atoms with E-state index in [1.54, 1.807) is 12.1 Å². The van der Waals surface area contributed by atoms with Gasteiger partial charge in [-0.2, -0.15) is 0 Å². The number of nitrogens with zero attached hydrogens (tertiary/aromatic N) is 2. The highest BCUT2D eigenvalue weighted by molar-refractivity contribution is 5.66. The van der Waals surface area contributed by atoms with E-state index < -0.39 is 11.8 Å². The molecule has 1 saturated heterocycles. The zero-order valence-corrected chi connectivity index (χ0v) is 21.0. The Morgan fingerprint density at radius 2 is 2.08 bits per heavy atom. The van der Waals surface area contributed by atoms with Crippen LogP contribution in [-0.4, -0.2) is 62.5 Å². The normalized spacial score (nSPS) is 31.8. The fraction of sp³-hybridized carbons (Fsp3) is 0.607. The van der Waals surface area contributed by atoms with Crippen LogP contribution in [0.1, 0.15) is 80.1 Å². The number of phenols is 1. The number of aromatic nitrogens is 2. The van der Waals surface area contributed by atoms with Crippen molar-refractivity contribution in [3.05, 3.63) is 53.1 Å². The van der Waals surface area contributed by atoms with Crippen LogP contribution in [0.15, 0.2) is 30.5 Å². The minimum atomic E-state index is -1.01. The number of benzene rings is 1. The van der Waals surface area contributed by atoms with Crippen molar-refractivity contribution >= 4 is 5.57 Å². The molecule has 1 aromatic heterocycles. The van der Waals surface area contributed by atoms with Crippen molar-refractivity contribution in [1.82, 2.24) is 25.7 Å². The Kier molecular flexibility index (Phi) is 6.40. The van der Waals surface area contributed by atoms with Crippen molar-refractivity contribution in [3.63, 3.8) is 0 Å². The molecule has 1 aromatic carbocycles. The minimum absolute atomic E-state index is 0.0561. The molecular formula is C28H38FN5O2. The Hall–Kier alpha value is -2.26. The zero-order chi connectivity index (χ0) is 24.9. The van der Waals surface area contributed by atoms with Gasteiger partial charge in [-0.05, 0) is 73.8 Å². The summed E-state index contributed by atoms with van der Waals surface area (Å²) < 4.78 is 15.8. The number of aromatic amines is 1. The number of fused-ring (bicyclic) bond motifs is 1. The maximum Gasteiger partial charge on any atom is 0.125 e. The maximum absolute atomic E-state index is 15.8. The monoisotopic (exact) mass is 495 g/mol. The van der Waals surface area contributed by atoms with Crippen LogP contribution in [0.25, 0.3) is 5.57 Å². The molecule has 5 unspecified atom stereocenters. The molecule has 2 aliphatic heterocycles. The van der Waals surface area contributed by atoms with Gasteiger partial charge in [0.2, 0.25) is 0 Å². The fourth-order valence-electron chi connectivity index (χ4n) is 6.74. The third kappa shape index (κ3) is 4.38. The molecule has 0 bridgehead atoms. The highest BCUT2D eigenvalue weighted by Crippen LogP contribution is 2.45. The molecule has 0 radical (unpaired) electrons. The maximum atomic E-state index is 15.8. The lowest BCUT2D eigenvalue weighted by Gasteiger charge is -2.37. The number of halogens is 1. The lowest BCUT2D eigenvalue weighted by Crippen LogP contribution is -2.45. The Balaban J connectivity index is 1.10. The second-order valence-corrected chi connectivity index (χ2v) is 11.3. The van der Waals surface area contributed by atoms with Gasteiger partial charge in [0.05, 0.1) is 29.6 Å². The van der Waals surface area contributed by atoms with E-state index in [1.807, 2.05) is 19.2 Å². The number of hydrogen-bond donors (Lipinski definition) is 5. The van der Waals surface area contributed by atoms with Crippen molar-refractivity contribution in [1.29, 1.82) is 0 Å². The summed E-state index contributed by atoms with van der Waals surface area (Å²) in [5.74, 6) is 1.05. The first-order valence-corrected chi connectivity index (χ1v) is 13.6. The molecule has 36 heavy (non-hydrogen) atoms. The highest BCUT2D eigenvalue weighted by atomic mass is 19.1. The van der Waals surface area contributed by atoms with Crippen LogP contribution < -0.4 is 10.9 Å². The number of imidazole rings is 1. The molecule has 7 nitrogen and oxygen atoms in total. The number of aryl methyl sites for hydroxylation is 1. The van der Waals surface area contributed by atoms with Crippen molar-refractivity contribution in [3.8, 4) is 5.75 Å². The summed E-state index contributed by atoms with van der Waals surface area (Å²) in [7, 11) is 0. The predicted molar refractivity (Wildman–Crippen MR) is 137 cm³/mol. The number of rotatable bonds is 7. The van der Waals surface area contributed by atoms with Crippen LogP contribution in [0, 0.1) is 5.92 Å². The minimum Gasteiger partial charge on any atom is -0.508 e. The summed E-state index contributed by atoms with van der Waals surface area (Å²) in [6, 6.07) is 5.01. The van der Waals surface area contributed by atoms with Gasteiger partial charge in [0.25, 0.3) is 0 Å². The van der Waals surface area contributed by atoms with E-state index in [0.717, 1.165) is 87.2 Å².